The molecule has 1 heterocycles. The van der Waals surface area contributed by atoms with Crippen LogP contribution in [0.4, 0.5) is 0 Å². The van der Waals surface area contributed by atoms with Crippen molar-refractivity contribution in [3.8, 4) is 17.2 Å². The summed E-state index contributed by atoms with van der Waals surface area (Å²) in [5.74, 6) is 2.98. The molecule has 1 N–H and O–H groups in total. The van der Waals surface area contributed by atoms with E-state index in [1.165, 1.54) is 19.3 Å². The fourth-order valence-corrected chi connectivity index (χ4v) is 8.49. The first-order chi connectivity index (χ1) is 19.4. The molecule has 5 heteroatoms. The molecule has 208 valence electrons. The molecule has 0 aliphatic heterocycles. The Bertz CT molecular complexity index is 1440. The third-order valence-corrected chi connectivity index (χ3v) is 10.1. The quantitative estimate of drug-likeness (QED) is 0.335. The number of aliphatic hydroxyl groups excluding tert-OH is 1. The van der Waals surface area contributed by atoms with Crippen LogP contribution in [-0.4, -0.2) is 20.8 Å². The Hall–Kier alpha value is -3.23. The van der Waals surface area contributed by atoms with E-state index in [2.05, 4.69) is 25.1 Å². The summed E-state index contributed by atoms with van der Waals surface area (Å²) in [6, 6.07) is 18.1. The third kappa shape index (κ3) is 5.03. The van der Waals surface area contributed by atoms with Gasteiger partial charge in [0.15, 0.2) is 0 Å². The van der Waals surface area contributed by atoms with E-state index < -0.39 is 6.10 Å². The fraction of sp³-hybridized carbons (Fsp3) is 0.514. The van der Waals surface area contributed by atoms with Gasteiger partial charge in [-0.25, -0.2) is 4.98 Å². The monoisotopic (exact) mass is 535 g/mol. The van der Waals surface area contributed by atoms with Crippen molar-refractivity contribution in [1.29, 1.82) is 5.26 Å². The van der Waals surface area contributed by atoms with E-state index in [4.69, 9.17) is 4.98 Å². The smallest absolute Gasteiger partial charge is 0.257 e. The zero-order chi connectivity index (χ0) is 27.9. The molecule has 4 aliphatic rings. The van der Waals surface area contributed by atoms with Crippen molar-refractivity contribution < 1.29 is 5.11 Å². The summed E-state index contributed by atoms with van der Waals surface area (Å²) in [5.41, 5.74) is 5.22. The highest BCUT2D eigenvalue weighted by Crippen LogP contribution is 2.61. The molecule has 4 saturated carbocycles. The predicted molar refractivity (Wildman–Crippen MR) is 158 cm³/mol. The summed E-state index contributed by atoms with van der Waals surface area (Å²) in [6.07, 6.45) is 10.2. The molecule has 0 amide bonds. The number of nitrogens with zero attached hydrogens (tertiary/aromatic N) is 3. The summed E-state index contributed by atoms with van der Waals surface area (Å²) in [5, 5.41) is 21.2. The van der Waals surface area contributed by atoms with Gasteiger partial charge in [-0.15, -0.1) is 0 Å². The van der Waals surface area contributed by atoms with Crippen LogP contribution in [0.25, 0.3) is 11.1 Å². The van der Waals surface area contributed by atoms with Gasteiger partial charge in [-0.1, -0.05) is 55.8 Å². The maximum atomic E-state index is 14.1. The molecule has 4 bridgehead atoms. The summed E-state index contributed by atoms with van der Waals surface area (Å²) >= 11 is 0. The van der Waals surface area contributed by atoms with Gasteiger partial charge in [0, 0.05) is 12.0 Å². The number of nitriles is 1. The molecule has 2 aromatic carbocycles. The Balaban J connectivity index is 1.29. The van der Waals surface area contributed by atoms with Crippen molar-refractivity contribution in [2.24, 2.45) is 23.2 Å². The predicted octanol–water partition coefficient (Wildman–Crippen LogP) is 6.60. The Morgan fingerprint density at radius 3 is 2.33 bits per heavy atom. The lowest BCUT2D eigenvalue weighted by Crippen LogP contribution is -2.53. The molecule has 3 aromatic rings. The number of aryl methyl sites for hydroxylation is 2. The lowest BCUT2D eigenvalue weighted by molar-refractivity contribution is -0.124. The van der Waals surface area contributed by atoms with Gasteiger partial charge < -0.3 is 5.11 Å². The Morgan fingerprint density at radius 1 is 1.05 bits per heavy atom. The van der Waals surface area contributed by atoms with E-state index in [9.17, 15) is 15.2 Å². The van der Waals surface area contributed by atoms with Crippen LogP contribution < -0.4 is 5.56 Å². The average Bonchev–Trinajstić information content (AvgIpc) is 2.95. The molecule has 1 unspecified atom stereocenters. The molecule has 0 saturated heterocycles. The van der Waals surface area contributed by atoms with E-state index >= 15 is 0 Å². The van der Waals surface area contributed by atoms with E-state index in [1.807, 2.05) is 43.3 Å². The standard InChI is InChI=1S/C35H41N3O2/c1-3-4-9-32-31(17-24-10-12-28(13-11-24)30-8-6-5-7-29(30)21-36)34(40)38(23(2)37-32)22-33(39)35-18-25-14-26(19-35)16-27(15-25)20-35/h5-8,10-13,25-27,33,39H,3-4,9,14-20,22H2,1-2H3. The first-order valence-corrected chi connectivity index (χ1v) is 15.2. The first-order valence-electron chi connectivity index (χ1n) is 15.2. The number of benzene rings is 2. The third-order valence-electron chi connectivity index (χ3n) is 10.1. The van der Waals surface area contributed by atoms with Gasteiger partial charge in [0.2, 0.25) is 0 Å². The Labute approximate surface area is 237 Å². The van der Waals surface area contributed by atoms with Gasteiger partial charge in [0.1, 0.15) is 5.82 Å². The molecule has 0 spiro atoms. The van der Waals surface area contributed by atoms with Crippen LogP contribution in [0.5, 0.6) is 0 Å². The van der Waals surface area contributed by atoms with Crippen LogP contribution in [0.3, 0.4) is 0 Å². The number of hydrogen-bond donors (Lipinski definition) is 1. The highest BCUT2D eigenvalue weighted by Gasteiger charge is 2.54. The molecule has 0 radical (unpaired) electrons. The topological polar surface area (TPSA) is 78.9 Å². The summed E-state index contributed by atoms with van der Waals surface area (Å²) in [6.45, 7) is 4.43. The van der Waals surface area contributed by atoms with Crippen molar-refractivity contribution in [2.45, 2.75) is 90.7 Å². The van der Waals surface area contributed by atoms with E-state index in [0.717, 1.165) is 84.2 Å². The second-order valence-electron chi connectivity index (χ2n) is 12.9. The van der Waals surface area contributed by atoms with Crippen LogP contribution in [-0.2, 0) is 19.4 Å². The SMILES string of the molecule is CCCCc1nc(C)n(CC(O)C23CC4CC(CC(C4)C2)C3)c(=O)c1Cc1ccc(-c2ccccc2C#N)cc1. The van der Waals surface area contributed by atoms with E-state index in [1.54, 1.807) is 4.57 Å². The zero-order valence-corrected chi connectivity index (χ0v) is 23.9. The van der Waals surface area contributed by atoms with Gasteiger partial charge in [-0.2, -0.15) is 5.26 Å². The van der Waals surface area contributed by atoms with Crippen molar-refractivity contribution in [2.75, 3.05) is 0 Å². The average molecular weight is 536 g/mol. The molecule has 1 atom stereocenters. The van der Waals surface area contributed by atoms with Crippen LogP contribution in [0.2, 0.25) is 0 Å². The number of hydrogen-bond acceptors (Lipinski definition) is 4. The lowest BCUT2D eigenvalue weighted by atomic mass is 9.48. The van der Waals surface area contributed by atoms with E-state index in [-0.39, 0.29) is 11.0 Å². The largest absolute Gasteiger partial charge is 0.391 e. The maximum absolute atomic E-state index is 14.1. The highest BCUT2D eigenvalue weighted by atomic mass is 16.3. The molecule has 1 aromatic heterocycles. The second kappa shape index (κ2) is 11.0. The fourth-order valence-electron chi connectivity index (χ4n) is 8.49. The van der Waals surface area contributed by atoms with Crippen molar-refractivity contribution in [1.82, 2.24) is 9.55 Å². The van der Waals surface area contributed by atoms with Crippen LogP contribution >= 0.6 is 0 Å². The second-order valence-corrected chi connectivity index (χ2v) is 12.9. The van der Waals surface area contributed by atoms with Crippen molar-refractivity contribution in [3.05, 3.63) is 87.1 Å². The number of aliphatic hydroxyl groups is 1. The Kier molecular flexibility index (Phi) is 7.40. The van der Waals surface area contributed by atoms with Crippen LogP contribution in [0.15, 0.2) is 53.3 Å². The molecule has 4 fully saturated rings. The molecule has 40 heavy (non-hydrogen) atoms. The molecule has 4 aliphatic carbocycles. The number of unbranched alkanes of at least 4 members (excludes halogenated alkanes) is 1. The molecule has 5 nitrogen and oxygen atoms in total. The molecular formula is C35H41N3O2. The minimum absolute atomic E-state index is 0.00119. The van der Waals surface area contributed by atoms with E-state index in [0.29, 0.717) is 24.4 Å². The van der Waals surface area contributed by atoms with Crippen molar-refractivity contribution in [3.63, 3.8) is 0 Å². The van der Waals surface area contributed by atoms with Gasteiger partial charge in [-0.05, 0) is 104 Å². The number of aromatic nitrogens is 2. The summed E-state index contributed by atoms with van der Waals surface area (Å²) in [4.78, 5) is 19.1. The first kappa shape index (κ1) is 27.0. The summed E-state index contributed by atoms with van der Waals surface area (Å²) < 4.78 is 1.77. The van der Waals surface area contributed by atoms with Crippen LogP contribution in [0.1, 0.15) is 86.5 Å². The van der Waals surface area contributed by atoms with Crippen molar-refractivity contribution >= 4 is 0 Å². The molecule has 7 rings (SSSR count). The normalized spacial score (nSPS) is 25.6. The van der Waals surface area contributed by atoms with Crippen LogP contribution in [0, 0.1) is 41.4 Å². The van der Waals surface area contributed by atoms with Gasteiger partial charge in [0.05, 0.1) is 30.0 Å². The summed E-state index contributed by atoms with van der Waals surface area (Å²) in [7, 11) is 0. The minimum Gasteiger partial charge on any atom is -0.391 e. The van der Waals surface area contributed by atoms with Gasteiger partial charge in [-0.3, -0.25) is 9.36 Å². The maximum Gasteiger partial charge on any atom is 0.257 e. The van der Waals surface area contributed by atoms with Gasteiger partial charge >= 0.3 is 0 Å². The lowest BCUT2D eigenvalue weighted by Gasteiger charge is -2.58. The number of rotatable bonds is 9. The van der Waals surface area contributed by atoms with Gasteiger partial charge in [0.25, 0.3) is 5.56 Å². The minimum atomic E-state index is -0.507. The molecular weight excluding hydrogens is 494 g/mol. The highest BCUT2D eigenvalue weighted by molar-refractivity contribution is 5.70. The zero-order valence-electron chi connectivity index (χ0n) is 23.9. The Morgan fingerprint density at radius 2 is 1.70 bits per heavy atom.